The van der Waals surface area contributed by atoms with Gasteiger partial charge in [-0.05, 0) is 67.0 Å². The monoisotopic (exact) mass is 348 g/mol. The number of rotatable bonds is 4. The maximum Gasteiger partial charge on any atom is 0.235 e. The molecule has 2 aromatic rings. The Hall–Kier alpha value is -2.49. The molecule has 2 aromatic carbocycles. The molecule has 4 heteroatoms. The fraction of sp³-hybridized carbons (Fsp3) is 0.409. The number of hydrogen-bond donors (Lipinski definition) is 1. The molecule has 1 heterocycles. The maximum absolute atomic E-state index is 12.7. The highest BCUT2D eigenvalue weighted by Gasteiger charge is 2.52. The van der Waals surface area contributed by atoms with Crippen LogP contribution in [0.2, 0.25) is 0 Å². The van der Waals surface area contributed by atoms with E-state index in [4.69, 9.17) is 4.74 Å². The molecule has 1 amide bonds. The summed E-state index contributed by atoms with van der Waals surface area (Å²) in [6, 6.07) is 12.6. The Morgan fingerprint density at radius 3 is 2.62 bits per heavy atom. The Balaban J connectivity index is 1.65. The second kappa shape index (κ2) is 5.50. The molecule has 3 aliphatic rings. The summed E-state index contributed by atoms with van der Waals surface area (Å²) in [7, 11) is 3.78. The third-order valence-electron chi connectivity index (χ3n) is 6.40. The minimum atomic E-state index is -0.281. The van der Waals surface area contributed by atoms with Gasteiger partial charge in [0.05, 0.1) is 18.2 Å². The standard InChI is InChI=1S/C22H24N2O2/c1-24(18-6-3-4-7-19(18)26-2)15-12-16(14-8-9-14)20-17(13-15)22(10-5-11-22)21(25)23-20/h3-4,6-7,12-14H,5,8-11H2,1-2H3,(H,23,25). The lowest BCUT2D eigenvalue weighted by Crippen LogP contribution is -2.40. The molecule has 2 saturated carbocycles. The number of nitrogens with one attached hydrogen (secondary N) is 1. The van der Waals surface area contributed by atoms with Crippen molar-refractivity contribution in [1.82, 2.24) is 0 Å². The Labute approximate surface area is 154 Å². The number of carbonyl (C=O) groups excluding carboxylic acids is 1. The molecular formula is C22H24N2O2. The molecule has 1 spiro atoms. The van der Waals surface area contributed by atoms with E-state index < -0.39 is 0 Å². The summed E-state index contributed by atoms with van der Waals surface area (Å²) in [5.41, 5.74) is 5.53. The minimum absolute atomic E-state index is 0.206. The number of para-hydroxylation sites is 2. The molecule has 0 bridgehead atoms. The van der Waals surface area contributed by atoms with Gasteiger partial charge in [-0.3, -0.25) is 4.79 Å². The lowest BCUT2D eigenvalue weighted by molar-refractivity contribution is -0.123. The second-order valence-corrected chi connectivity index (χ2v) is 7.85. The highest BCUT2D eigenvalue weighted by Crippen LogP contribution is 2.56. The highest BCUT2D eigenvalue weighted by molar-refractivity contribution is 6.08. The number of nitrogens with zero attached hydrogens (tertiary/aromatic N) is 1. The van der Waals surface area contributed by atoms with Gasteiger partial charge >= 0.3 is 0 Å². The number of anilines is 3. The van der Waals surface area contributed by atoms with Gasteiger partial charge in [-0.15, -0.1) is 0 Å². The molecule has 0 radical (unpaired) electrons. The average Bonchev–Trinajstić information content (AvgIpc) is 3.41. The maximum atomic E-state index is 12.7. The first kappa shape index (κ1) is 15.7. The van der Waals surface area contributed by atoms with E-state index in [-0.39, 0.29) is 11.3 Å². The number of carbonyl (C=O) groups is 1. The molecule has 2 fully saturated rings. The molecule has 1 aliphatic heterocycles. The largest absolute Gasteiger partial charge is 0.495 e. The Bertz CT molecular complexity index is 897. The van der Waals surface area contributed by atoms with Crippen molar-refractivity contribution in [2.24, 2.45) is 0 Å². The molecule has 4 nitrogen and oxygen atoms in total. The summed E-state index contributed by atoms with van der Waals surface area (Å²) in [5, 5.41) is 3.23. The van der Waals surface area contributed by atoms with Crippen LogP contribution < -0.4 is 15.0 Å². The van der Waals surface area contributed by atoms with Gasteiger partial charge in [0.25, 0.3) is 0 Å². The molecule has 26 heavy (non-hydrogen) atoms. The molecule has 134 valence electrons. The molecule has 2 aliphatic carbocycles. The van der Waals surface area contributed by atoms with Gasteiger partial charge in [0.1, 0.15) is 5.75 Å². The first-order valence-corrected chi connectivity index (χ1v) is 9.51. The molecule has 0 aromatic heterocycles. The Kier molecular flexibility index (Phi) is 3.33. The van der Waals surface area contributed by atoms with E-state index in [1.807, 2.05) is 18.2 Å². The van der Waals surface area contributed by atoms with E-state index >= 15 is 0 Å². The van der Waals surface area contributed by atoms with Gasteiger partial charge in [0.15, 0.2) is 0 Å². The summed E-state index contributed by atoms with van der Waals surface area (Å²) in [5.74, 6) is 1.65. The summed E-state index contributed by atoms with van der Waals surface area (Å²) in [4.78, 5) is 14.9. The molecule has 0 atom stereocenters. The van der Waals surface area contributed by atoms with Crippen LogP contribution >= 0.6 is 0 Å². The third-order valence-corrected chi connectivity index (χ3v) is 6.40. The van der Waals surface area contributed by atoms with E-state index in [9.17, 15) is 4.79 Å². The van der Waals surface area contributed by atoms with Crippen molar-refractivity contribution in [3.63, 3.8) is 0 Å². The first-order chi connectivity index (χ1) is 12.6. The van der Waals surface area contributed by atoms with Gasteiger partial charge < -0.3 is 15.0 Å². The van der Waals surface area contributed by atoms with Crippen LogP contribution in [-0.2, 0) is 10.2 Å². The van der Waals surface area contributed by atoms with Gasteiger partial charge in [0.2, 0.25) is 5.91 Å². The van der Waals surface area contributed by atoms with Crippen molar-refractivity contribution >= 4 is 23.0 Å². The predicted octanol–water partition coefficient (Wildman–Crippen LogP) is 4.71. The van der Waals surface area contributed by atoms with E-state index in [0.717, 1.165) is 42.1 Å². The molecule has 5 rings (SSSR count). The van der Waals surface area contributed by atoms with E-state index in [2.05, 4.69) is 35.5 Å². The number of fused-ring (bicyclic) bond motifs is 2. The Morgan fingerprint density at radius 2 is 1.96 bits per heavy atom. The SMILES string of the molecule is COc1ccccc1N(C)c1cc(C2CC2)c2c(c1)C1(CCC1)C(=O)N2. The van der Waals surface area contributed by atoms with Crippen LogP contribution in [0.1, 0.15) is 49.1 Å². The van der Waals surface area contributed by atoms with Gasteiger partial charge in [-0.25, -0.2) is 0 Å². The zero-order chi connectivity index (χ0) is 17.9. The summed E-state index contributed by atoms with van der Waals surface area (Å²) in [6.07, 6.45) is 5.52. The second-order valence-electron chi connectivity index (χ2n) is 7.85. The van der Waals surface area contributed by atoms with Gasteiger partial charge in [-0.1, -0.05) is 18.6 Å². The lowest BCUT2D eigenvalue weighted by atomic mass is 9.65. The summed E-state index contributed by atoms with van der Waals surface area (Å²) in [6.45, 7) is 0. The van der Waals surface area contributed by atoms with Crippen molar-refractivity contribution in [2.75, 3.05) is 24.4 Å². The normalized spacial score (nSPS) is 19.7. The number of ether oxygens (including phenoxy) is 1. The zero-order valence-electron chi connectivity index (χ0n) is 15.3. The van der Waals surface area contributed by atoms with Crippen LogP contribution in [0.15, 0.2) is 36.4 Å². The topological polar surface area (TPSA) is 41.6 Å². The number of hydrogen-bond acceptors (Lipinski definition) is 3. The van der Waals surface area contributed by atoms with Crippen molar-refractivity contribution in [3.05, 3.63) is 47.5 Å². The van der Waals surface area contributed by atoms with E-state index in [0.29, 0.717) is 5.92 Å². The molecular weight excluding hydrogens is 324 g/mol. The number of methoxy groups -OCH3 is 1. The quantitative estimate of drug-likeness (QED) is 0.870. The summed E-state index contributed by atoms with van der Waals surface area (Å²) < 4.78 is 5.55. The number of amides is 1. The zero-order valence-corrected chi connectivity index (χ0v) is 15.3. The van der Waals surface area contributed by atoms with E-state index in [1.165, 1.54) is 24.0 Å². The van der Waals surface area contributed by atoms with Crippen LogP contribution in [0, 0.1) is 0 Å². The number of benzene rings is 2. The minimum Gasteiger partial charge on any atom is -0.495 e. The van der Waals surface area contributed by atoms with Gasteiger partial charge in [-0.2, -0.15) is 0 Å². The van der Waals surface area contributed by atoms with Crippen LogP contribution in [0.5, 0.6) is 5.75 Å². The van der Waals surface area contributed by atoms with Crippen LogP contribution in [-0.4, -0.2) is 20.1 Å². The average molecular weight is 348 g/mol. The van der Waals surface area contributed by atoms with Crippen LogP contribution in [0.4, 0.5) is 17.1 Å². The molecule has 0 unspecified atom stereocenters. The fourth-order valence-electron chi connectivity index (χ4n) is 4.50. The van der Waals surface area contributed by atoms with Gasteiger partial charge in [0, 0.05) is 18.4 Å². The van der Waals surface area contributed by atoms with E-state index in [1.54, 1.807) is 7.11 Å². The first-order valence-electron chi connectivity index (χ1n) is 9.51. The van der Waals surface area contributed by atoms with Crippen molar-refractivity contribution in [1.29, 1.82) is 0 Å². The predicted molar refractivity (Wildman–Crippen MR) is 104 cm³/mol. The Morgan fingerprint density at radius 1 is 1.19 bits per heavy atom. The fourth-order valence-corrected chi connectivity index (χ4v) is 4.50. The third kappa shape index (κ3) is 2.11. The van der Waals surface area contributed by atoms with Crippen molar-refractivity contribution in [2.45, 2.75) is 43.4 Å². The van der Waals surface area contributed by atoms with Crippen LogP contribution in [0.25, 0.3) is 0 Å². The van der Waals surface area contributed by atoms with Crippen molar-refractivity contribution in [3.8, 4) is 5.75 Å². The summed E-state index contributed by atoms with van der Waals surface area (Å²) >= 11 is 0. The van der Waals surface area contributed by atoms with Crippen LogP contribution in [0.3, 0.4) is 0 Å². The smallest absolute Gasteiger partial charge is 0.235 e. The lowest BCUT2D eigenvalue weighted by Gasteiger charge is -2.36. The molecule has 0 saturated heterocycles. The molecule has 1 N–H and O–H groups in total. The highest BCUT2D eigenvalue weighted by atomic mass is 16.5. The van der Waals surface area contributed by atoms with Crippen molar-refractivity contribution < 1.29 is 9.53 Å².